The Balaban J connectivity index is 1.55. The molecule has 3 aromatic rings. The molecule has 0 heterocycles. The number of carboxylic acids is 1. The highest BCUT2D eigenvalue weighted by Gasteiger charge is 2.37. The van der Waals surface area contributed by atoms with Gasteiger partial charge in [0.05, 0.1) is 6.04 Å². The molecule has 0 radical (unpaired) electrons. The van der Waals surface area contributed by atoms with E-state index in [0.29, 0.717) is 5.56 Å². The van der Waals surface area contributed by atoms with Crippen LogP contribution in [0.1, 0.15) is 34.2 Å². The molecule has 3 N–H and O–H groups in total. The molecule has 4 rings (SSSR count). The van der Waals surface area contributed by atoms with Crippen LogP contribution >= 0.6 is 0 Å². The molecule has 0 bridgehead atoms. The Hall–Kier alpha value is -3.44. The number of aryl methyl sites for hydroxylation is 1. The second-order valence-electron chi connectivity index (χ2n) is 7.61. The van der Waals surface area contributed by atoms with Crippen LogP contribution in [0.5, 0.6) is 0 Å². The monoisotopic (exact) mass is 401 g/mol. The number of carboxylic acid groups (broad SMARTS) is 1. The molecular formula is C25H23NO4. The predicted octanol–water partition coefficient (Wildman–Crippen LogP) is 4.05. The van der Waals surface area contributed by atoms with Crippen molar-refractivity contribution < 1.29 is 19.4 Å². The highest BCUT2D eigenvalue weighted by atomic mass is 16.5. The number of esters is 1. The maximum Gasteiger partial charge on any atom is 0.322 e. The average Bonchev–Trinajstić information content (AvgIpc) is 3.06. The van der Waals surface area contributed by atoms with E-state index in [2.05, 4.69) is 0 Å². The van der Waals surface area contributed by atoms with Gasteiger partial charge in [-0.25, -0.2) is 0 Å². The largest absolute Gasteiger partial charge is 0.481 e. The lowest BCUT2D eigenvalue weighted by atomic mass is 9.92. The van der Waals surface area contributed by atoms with E-state index in [-0.39, 0.29) is 12.5 Å². The van der Waals surface area contributed by atoms with Gasteiger partial charge in [-0.05, 0) is 34.7 Å². The number of rotatable bonds is 6. The van der Waals surface area contributed by atoms with E-state index < -0.39 is 23.9 Å². The van der Waals surface area contributed by atoms with Crippen molar-refractivity contribution >= 4 is 11.9 Å². The third kappa shape index (κ3) is 3.60. The summed E-state index contributed by atoms with van der Waals surface area (Å²) in [6.45, 7) is 1.95. The van der Waals surface area contributed by atoms with Crippen LogP contribution in [0.2, 0.25) is 0 Å². The van der Waals surface area contributed by atoms with Crippen LogP contribution in [0.25, 0.3) is 11.1 Å². The number of hydrogen-bond donors (Lipinski definition) is 2. The fraction of sp³-hybridized carbons (Fsp3) is 0.200. The molecule has 0 aromatic heterocycles. The first kappa shape index (κ1) is 19.9. The lowest BCUT2D eigenvalue weighted by molar-refractivity contribution is -0.160. The number of fused-ring (bicyclic) bond motifs is 3. The molecule has 3 aromatic carbocycles. The van der Waals surface area contributed by atoms with Crippen LogP contribution in [-0.2, 0) is 14.3 Å². The summed E-state index contributed by atoms with van der Waals surface area (Å²) in [6.07, 6.45) is 0. The normalized spacial score (nSPS) is 14.5. The summed E-state index contributed by atoms with van der Waals surface area (Å²) in [7, 11) is 0. The minimum atomic E-state index is -1.47. The number of carbonyl (C=O) groups is 2. The molecular weight excluding hydrogens is 378 g/mol. The number of aliphatic carboxylic acids is 1. The molecule has 1 aliphatic rings. The third-order valence-electron chi connectivity index (χ3n) is 5.66. The summed E-state index contributed by atoms with van der Waals surface area (Å²) >= 11 is 0. The maximum absolute atomic E-state index is 12.8. The van der Waals surface area contributed by atoms with Gasteiger partial charge in [0.25, 0.3) is 0 Å². The van der Waals surface area contributed by atoms with E-state index in [4.69, 9.17) is 10.5 Å². The summed E-state index contributed by atoms with van der Waals surface area (Å²) < 4.78 is 5.54. The van der Waals surface area contributed by atoms with Gasteiger partial charge >= 0.3 is 11.9 Å². The van der Waals surface area contributed by atoms with Gasteiger partial charge in [0.1, 0.15) is 6.61 Å². The van der Waals surface area contributed by atoms with Gasteiger partial charge in [0.2, 0.25) is 0 Å². The Kier molecular flexibility index (Phi) is 5.38. The van der Waals surface area contributed by atoms with Gasteiger partial charge in [-0.2, -0.15) is 0 Å². The van der Waals surface area contributed by atoms with Crippen LogP contribution in [0.15, 0.2) is 72.8 Å². The SMILES string of the molecule is Cc1cccc(C(N)[C@H](C(=O)O)C(=O)OCC2c3ccccc3-c3ccccc32)c1. The first-order valence-electron chi connectivity index (χ1n) is 9.87. The number of nitrogens with two attached hydrogens (primary N) is 1. The zero-order chi connectivity index (χ0) is 21.3. The molecule has 0 aliphatic heterocycles. The van der Waals surface area contributed by atoms with Crippen molar-refractivity contribution in [3.05, 3.63) is 95.1 Å². The average molecular weight is 401 g/mol. The molecule has 0 saturated heterocycles. The third-order valence-corrected chi connectivity index (χ3v) is 5.66. The Bertz CT molecular complexity index is 1060. The van der Waals surface area contributed by atoms with Crippen LogP contribution in [-0.4, -0.2) is 23.7 Å². The van der Waals surface area contributed by atoms with Gasteiger partial charge in [-0.1, -0.05) is 78.4 Å². The van der Waals surface area contributed by atoms with Gasteiger partial charge in [0, 0.05) is 5.92 Å². The lowest BCUT2D eigenvalue weighted by Crippen LogP contribution is -2.36. The number of ether oxygens (including phenoxy) is 1. The fourth-order valence-electron chi connectivity index (χ4n) is 4.17. The second kappa shape index (κ2) is 8.13. The van der Waals surface area contributed by atoms with Crippen LogP contribution < -0.4 is 5.73 Å². The first-order chi connectivity index (χ1) is 14.5. The Labute approximate surface area is 175 Å². The van der Waals surface area contributed by atoms with Crippen molar-refractivity contribution in [2.75, 3.05) is 6.61 Å². The Morgan fingerprint density at radius 2 is 1.57 bits per heavy atom. The highest BCUT2D eigenvalue weighted by molar-refractivity contribution is 5.95. The molecule has 2 atom stereocenters. The molecule has 0 saturated carbocycles. The summed E-state index contributed by atoms with van der Waals surface area (Å²) in [5, 5.41) is 9.67. The van der Waals surface area contributed by atoms with Crippen molar-refractivity contribution in [1.82, 2.24) is 0 Å². The molecule has 5 heteroatoms. The molecule has 1 aliphatic carbocycles. The number of benzene rings is 3. The molecule has 5 nitrogen and oxygen atoms in total. The van der Waals surface area contributed by atoms with Crippen molar-refractivity contribution in [2.45, 2.75) is 18.9 Å². The molecule has 152 valence electrons. The van der Waals surface area contributed by atoms with Crippen LogP contribution in [0.3, 0.4) is 0 Å². The Morgan fingerprint density at radius 3 is 2.13 bits per heavy atom. The minimum absolute atomic E-state index is 0.0666. The van der Waals surface area contributed by atoms with Gasteiger partial charge in [-0.3, -0.25) is 9.59 Å². The zero-order valence-corrected chi connectivity index (χ0v) is 16.6. The smallest absolute Gasteiger partial charge is 0.322 e. The van der Waals surface area contributed by atoms with E-state index in [1.165, 1.54) is 0 Å². The van der Waals surface area contributed by atoms with Crippen molar-refractivity contribution in [3.8, 4) is 11.1 Å². The molecule has 0 fully saturated rings. The molecule has 0 amide bonds. The van der Waals surface area contributed by atoms with Crippen LogP contribution in [0.4, 0.5) is 0 Å². The fourth-order valence-corrected chi connectivity index (χ4v) is 4.17. The highest BCUT2D eigenvalue weighted by Crippen LogP contribution is 2.44. The predicted molar refractivity (Wildman–Crippen MR) is 114 cm³/mol. The summed E-state index contributed by atoms with van der Waals surface area (Å²) in [5.74, 6) is -3.72. The van der Waals surface area contributed by atoms with E-state index in [0.717, 1.165) is 27.8 Å². The summed E-state index contributed by atoms with van der Waals surface area (Å²) in [5.41, 5.74) is 12.1. The lowest BCUT2D eigenvalue weighted by Gasteiger charge is -2.21. The number of carbonyl (C=O) groups excluding carboxylic acids is 1. The molecule has 30 heavy (non-hydrogen) atoms. The van der Waals surface area contributed by atoms with E-state index in [1.807, 2.05) is 61.5 Å². The standard InChI is InChI=1S/C25H23NO4/c1-15-7-6-8-16(13-15)23(26)22(24(27)28)25(29)30-14-21-19-11-4-2-9-17(19)18-10-3-5-12-20(18)21/h2-13,21-23H,14,26H2,1H3,(H,27,28)/t22-,23?/m1/s1. The van der Waals surface area contributed by atoms with Crippen molar-refractivity contribution in [3.63, 3.8) is 0 Å². The quantitative estimate of drug-likeness (QED) is 0.480. The minimum Gasteiger partial charge on any atom is -0.481 e. The van der Waals surface area contributed by atoms with Crippen molar-refractivity contribution in [1.29, 1.82) is 0 Å². The van der Waals surface area contributed by atoms with Crippen LogP contribution in [0, 0.1) is 12.8 Å². The zero-order valence-electron chi connectivity index (χ0n) is 16.6. The first-order valence-corrected chi connectivity index (χ1v) is 9.87. The number of hydrogen-bond acceptors (Lipinski definition) is 4. The molecule has 1 unspecified atom stereocenters. The van der Waals surface area contributed by atoms with Gasteiger partial charge < -0.3 is 15.6 Å². The summed E-state index contributed by atoms with van der Waals surface area (Å²) in [6, 6.07) is 22.2. The van der Waals surface area contributed by atoms with E-state index >= 15 is 0 Å². The van der Waals surface area contributed by atoms with Gasteiger partial charge in [0.15, 0.2) is 5.92 Å². The maximum atomic E-state index is 12.8. The Morgan fingerprint density at radius 1 is 0.967 bits per heavy atom. The van der Waals surface area contributed by atoms with E-state index in [9.17, 15) is 14.7 Å². The van der Waals surface area contributed by atoms with E-state index in [1.54, 1.807) is 18.2 Å². The summed E-state index contributed by atoms with van der Waals surface area (Å²) in [4.78, 5) is 24.6. The molecule has 0 spiro atoms. The van der Waals surface area contributed by atoms with Crippen molar-refractivity contribution in [2.24, 2.45) is 11.7 Å². The second-order valence-corrected chi connectivity index (χ2v) is 7.61. The topological polar surface area (TPSA) is 89.6 Å². The van der Waals surface area contributed by atoms with Gasteiger partial charge in [-0.15, -0.1) is 0 Å².